The number of carbonyl (C=O) groups is 1. The van der Waals surface area contributed by atoms with Crippen LogP contribution < -0.4 is 4.74 Å². The Balaban J connectivity index is 1.58. The molecule has 36 heavy (non-hydrogen) atoms. The average Bonchev–Trinajstić information content (AvgIpc) is 3.58. The smallest absolute Gasteiger partial charge is 0.453 e. The molecular formula is C23H19F4N5O4. The van der Waals surface area contributed by atoms with E-state index in [1.54, 1.807) is 6.08 Å². The van der Waals surface area contributed by atoms with Gasteiger partial charge in [-0.05, 0) is 58.7 Å². The summed E-state index contributed by atoms with van der Waals surface area (Å²) >= 11 is 0. The highest BCUT2D eigenvalue weighted by Gasteiger charge is 2.54. The van der Waals surface area contributed by atoms with Gasteiger partial charge in [-0.1, -0.05) is 12.1 Å². The van der Waals surface area contributed by atoms with E-state index >= 15 is 0 Å². The SMILES string of the molecule is COc1ncc(-n2nnnc2C(F)(F)F)cc1C1=CC2(CCC(C(=O)O)C2c2ccc(F)cc2)OC1. The highest BCUT2D eigenvalue weighted by molar-refractivity contribution is 5.77. The van der Waals surface area contributed by atoms with Gasteiger partial charge in [-0.3, -0.25) is 4.79 Å². The van der Waals surface area contributed by atoms with Crippen LogP contribution in [0.5, 0.6) is 5.88 Å². The van der Waals surface area contributed by atoms with Gasteiger partial charge in [-0.25, -0.2) is 9.37 Å². The lowest BCUT2D eigenvalue weighted by Gasteiger charge is -2.31. The van der Waals surface area contributed by atoms with Crippen molar-refractivity contribution in [3.63, 3.8) is 0 Å². The quantitative estimate of drug-likeness (QED) is 0.523. The molecule has 3 heterocycles. The number of nitrogens with zero attached hydrogens (tertiary/aromatic N) is 5. The zero-order valence-electron chi connectivity index (χ0n) is 18.7. The number of hydrogen-bond donors (Lipinski definition) is 1. The molecule has 0 bridgehead atoms. The Labute approximate surface area is 201 Å². The maximum atomic E-state index is 13.6. The maximum Gasteiger partial charge on any atom is 0.453 e. The minimum atomic E-state index is -4.79. The molecule has 1 saturated carbocycles. The van der Waals surface area contributed by atoms with E-state index in [9.17, 15) is 27.5 Å². The van der Waals surface area contributed by atoms with Crippen LogP contribution in [-0.2, 0) is 15.7 Å². The summed E-state index contributed by atoms with van der Waals surface area (Å²) in [5, 5.41) is 19.5. The number of carboxylic acids is 1. The van der Waals surface area contributed by atoms with Crippen molar-refractivity contribution in [2.24, 2.45) is 5.92 Å². The highest BCUT2D eigenvalue weighted by Crippen LogP contribution is 2.54. The van der Waals surface area contributed by atoms with Crippen molar-refractivity contribution in [2.45, 2.75) is 30.5 Å². The molecule has 13 heteroatoms. The molecule has 0 amide bonds. The number of halogens is 4. The van der Waals surface area contributed by atoms with E-state index in [2.05, 4.69) is 20.5 Å². The van der Waals surface area contributed by atoms with Gasteiger partial charge < -0.3 is 14.6 Å². The van der Waals surface area contributed by atoms with Crippen LogP contribution in [0.2, 0.25) is 0 Å². The van der Waals surface area contributed by atoms with E-state index in [4.69, 9.17) is 9.47 Å². The molecule has 3 atom stereocenters. The Bertz CT molecular complexity index is 1340. The van der Waals surface area contributed by atoms with Gasteiger partial charge in [-0.15, -0.1) is 5.10 Å². The molecule has 1 N–H and O–H groups in total. The lowest BCUT2D eigenvalue weighted by Crippen LogP contribution is -2.34. The Hall–Kier alpha value is -3.87. The summed E-state index contributed by atoms with van der Waals surface area (Å²) < 4.78 is 65.6. The summed E-state index contributed by atoms with van der Waals surface area (Å²) in [5.74, 6) is -4.00. The number of tetrazole rings is 1. The van der Waals surface area contributed by atoms with Crippen molar-refractivity contribution in [2.75, 3.05) is 13.7 Å². The third-order valence-electron chi connectivity index (χ3n) is 6.58. The maximum absolute atomic E-state index is 13.6. The molecule has 2 aliphatic rings. The molecule has 1 fully saturated rings. The van der Waals surface area contributed by atoms with Crippen molar-refractivity contribution in [1.82, 2.24) is 25.2 Å². The second kappa shape index (κ2) is 8.66. The predicted octanol–water partition coefficient (Wildman–Crippen LogP) is 3.65. The summed E-state index contributed by atoms with van der Waals surface area (Å²) in [4.78, 5) is 16.2. The van der Waals surface area contributed by atoms with Crippen LogP contribution >= 0.6 is 0 Å². The first-order valence-corrected chi connectivity index (χ1v) is 10.9. The second-order valence-corrected chi connectivity index (χ2v) is 8.59. The molecular weight excluding hydrogens is 486 g/mol. The summed E-state index contributed by atoms with van der Waals surface area (Å²) in [5.41, 5.74) is 0.465. The minimum absolute atomic E-state index is 0.0350. The normalized spacial score (nSPS) is 23.8. The Morgan fingerprint density at radius 2 is 2.03 bits per heavy atom. The number of ether oxygens (including phenoxy) is 2. The topological polar surface area (TPSA) is 112 Å². The third-order valence-corrected chi connectivity index (χ3v) is 6.58. The number of pyridine rings is 1. The monoisotopic (exact) mass is 505 g/mol. The zero-order valence-corrected chi connectivity index (χ0v) is 18.7. The van der Waals surface area contributed by atoms with Crippen LogP contribution in [0.15, 0.2) is 42.6 Å². The van der Waals surface area contributed by atoms with Crippen LogP contribution in [0.4, 0.5) is 17.6 Å². The molecule has 5 rings (SSSR count). The Morgan fingerprint density at radius 1 is 1.28 bits per heavy atom. The highest BCUT2D eigenvalue weighted by atomic mass is 19.4. The summed E-state index contributed by atoms with van der Waals surface area (Å²) in [6.07, 6.45) is -1.15. The fourth-order valence-electron chi connectivity index (χ4n) is 5.05. The fraction of sp³-hybridized carbons (Fsp3) is 0.348. The number of benzene rings is 1. The van der Waals surface area contributed by atoms with Gasteiger partial charge in [0.25, 0.3) is 5.82 Å². The molecule has 0 radical (unpaired) electrons. The number of carboxylic acid groups (broad SMARTS) is 1. The first-order chi connectivity index (χ1) is 17.1. The number of rotatable bonds is 5. The van der Waals surface area contributed by atoms with Crippen molar-refractivity contribution in [3.05, 3.63) is 65.4 Å². The van der Waals surface area contributed by atoms with Crippen LogP contribution in [0.3, 0.4) is 0 Å². The van der Waals surface area contributed by atoms with E-state index in [1.165, 1.54) is 37.4 Å². The number of alkyl halides is 3. The van der Waals surface area contributed by atoms with E-state index in [1.807, 2.05) is 0 Å². The van der Waals surface area contributed by atoms with E-state index in [0.29, 0.717) is 34.2 Å². The van der Waals surface area contributed by atoms with Gasteiger partial charge in [0.05, 0.1) is 37.1 Å². The van der Waals surface area contributed by atoms with Crippen molar-refractivity contribution >= 4 is 11.5 Å². The molecule has 2 aromatic heterocycles. The van der Waals surface area contributed by atoms with Gasteiger partial charge in [-0.2, -0.15) is 17.9 Å². The molecule has 188 valence electrons. The van der Waals surface area contributed by atoms with Crippen LogP contribution in [-0.4, -0.2) is 55.6 Å². The first kappa shape index (κ1) is 23.9. The number of methoxy groups -OCH3 is 1. The minimum Gasteiger partial charge on any atom is -0.481 e. The van der Waals surface area contributed by atoms with Gasteiger partial charge in [0.1, 0.15) is 5.82 Å². The molecule has 1 aliphatic carbocycles. The standard InChI is InChI=1S/C23H19F4N5O4/c1-35-19-17(8-15(10-28-19)32-21(23(25,26)27)29-30-31-32)13-9-22(36-11-13)7-6-16(20(33)34)18(22)12-2-4-14(24)5-3-12/h2-5,8-10,16,18H,6-7,11H2,1H3,(H,33,34). The number of aliphatic carboxylic acids is 1. The van der Waals surface area contributed by atoms with E-state index < -0.39 is 41.2 Å². The lowest BCUT2D eigenvalue weighted by atomic mass is 9.79. The summed E-state index contributed by atoms with van der Waals surface area (Å²) in [7, 11) is 1.37. The van der Waals surface area contributed by atoms with Gasteiger partial charge in [0, 0.05) is 11.5 Å². The van der Waals surface area contributed by atoms with Crippen LogP contribution in [0.25, 0.3) is 11.3 Å². The van der Waals surface area contributed by atoms with Gasteiger partial charge in [0.15, 0.2) is 0 Å². The van der Waals surface area contributed by atoms with Gasteiger partial charge in [0.2, 0.25) is 5.88 Å². The Morgan fingerprint density at radius 3 is 2.69 bits per heavy atom. The fourth-order valence-corrected chi connectivity index (χ4v) is 5.05. The number of hydrogen-bond acceptors (Lipinski definition) is 7. The van der Waals surface area contributed by atoms with Crippen molar-refractivity contribution in [1.29, 1.82) is 0 Å². The van der Waals surface area contributed by atoms with E-state index in [0.717, 1.165) is 6.20 Å². The second-order valence-electron chi connectivity index (χ2n) is 8.59. The zero-order chi connectivity index (χ0) is 25.7. The average molecular weight is 505 g/mol. The lowest BCUT2D eigenvalue weighted by molar-refractivity contribution is -0.146. The summed E-state index contributed by atoms with van der Waals surface area (Å²) in [6, 6.07) is 7.01. The number of aromatic nitrogens is 5. The molecule has 3 unspecified atom stereocenters. The van der Waals surface area contributed by atoms with Crippen molar-refractivity contribution in [3.8, 4) is 11.6 Å². The van der Waals surface area contributed by atoms with Gasteiger partial charge >= 0.3 is 12.1 Å². The van der Waals surface area contributed by atoms with Crippen LogP contribution in [0.1, 0.15) is 35.7 Å². The Kier molecular flexibility index (Phi) is 5.74. The van der Waals surface area contributed by atoms with Crippen LogP contribution in [0, 0.1) is 11.7 Å². The molecule has 1 aliphatic heterocycles. The van der Waals surface area contributed by atoms with E-state index in [-0.39, 0.29) is 18.2 Å². The predicted molar refractivity (Wildman–Crippen MR) is 115 cm³/mol. The molecule has 0 saturated heterocycles. The largest absolute Gasteiger partial charge is 0.481 e. The van der Waals surface area contributed by atoms with Crippen molar-refractivity contribution < 1.29 is 36.9 Å². The summed E-state index contributed by atoms with van der Waals surface area (Å²) in [6.45, 7) is 0.0350. The molecule has 1 spiro atoms. The third kappa shape index (κ3) is 3.98. The molecule has 9 nitrogen and oxygen atoms in total. The molecule has 3 aromatic rings. The first-order valence-electron chi connectivity index (χ1n) is 10.9. The molecule has 1 aromatic carbocycles.